The fourth-order valence-corrected chi connectivity index (χ4v) is 2.01. The number of alkyl halides is 3. The molecule has 0 heterocycles. The summed E-state index contributed by atoms with van der Waals surface area (Å²) in [6, 6.07) is 14.0. The largest absolute Gasteiger partial charge is 0.493 e. The van der Waals surface area contributed by atoms with Crippen molar-refractivity contribution in [2.45, 2.75) is 18.7 Å². The molecule has 1 N–H and O–H groups in total. The topological polar surface area (TPSA) is 29.5 Å². The highest BCUT2D eigenvalue weighted by molar-refractivity contribution is 5.31. The first-order valence-corrected chi connectivity index (χ1v) is 6.50. The van der Waals surface area contributed by atoms with Gasteiger partial charge in [0.25, 0.3) is 0 Å². The molecule has 2 aromatic rings. The molecule has 0 aliphatic rings. The number of ether oxygens (including phenoxy) is 1. The van der Waals surface area contributed by atoms with E-state index in [2.05, 4.69) is 0 Å². The van der Waals surface area contributed by atoms with Crippen LogP contribution in [0.3, 0.4) is 0 Å². The summed E-state index contributed by atoms with van der Waals surface area (Å²) in [5, 5.41) is 9.96. The van der Waals surface area contributed by atoms with Crippen LogP contribution in [0.15, 0.2) is 54.6 Å². The fourth-order valence-electron chi connectivity index (χ4n) is 2.01. The van der Waals surface area contributed by atoms with Gasteiger partial charge in [-0.2, -0.15) is 13.2 Å². The van der Waals surface area contributed by atoms with Gasteiger partial charge in [0.2, 0.25) is 0 Å². The predicted octanol–water partition coefficient (Wildman–Crippen LogP) is 4.21. The third-order valence-electron chi connectivity index (χ3n) is 3.03. The molecule has 1 unspecified atom stereocenters. The zero-order chi connectivity index (χ0) is 15.3. The first-order chi connectivity index (χ1) is 9.98. The van der Waals surface area contributed by atoms with Gasteiger partial charge in [0.05, 0.1) is 18.3 Å². The molecule has 1 atom stereocenters. The number of rotatable bonds is 5. The van der Waals surface area contributed by atoms with Crippen LogP contribution in [-0.2, 0) is 6.18 Å². The summed E-state index contributed by atoms with van der Waals surface area (Å²) in [7, 11) is 0. The lowest BCUT2D eigenvalue weighted by atomic mass is 10.00. The monoisotopic (exact) mass is 296 g/mol. The maximum Gasteiger partial charge on any atom is 0.416 e. The van der Waals surface area contributed by atoms with Crippen LogP contribution in [0.25, 0.3) is 0 Å². The zero-order valence-electron chi connectivity index (χ0n) is 11.2. The number of benzene rings is 2. The number of aliphatic hydroxyl groups is 1. The number of halogens is 3. The van der Waals surface area contributed by atoms with E-state index in [9.17, 15) is 18.3 Å². The first kappa shape index (κ1) is 15.4. The molecule has 2 rings (SSSR count). The van der Waals surface area contributed by atoms with Crippen LogP contribution < -0.4 is 4.74 Å². The molecule has 2 aromatic carbocycles. The summed E-state index contributed by atoms with van der Waals surface area (Å²) in [6.07, 6.45) is -5.61. The van der Waals surface area contributed by atoms with Crippen LogP contribution in [0, 0.1) is 0 Å². The SMILES string of the molecule is OC(CCOc1ccccc1)c1ccccc1C(F)(F)F. The predicted molar refractivity (Wildman–Crippen MR) is 73.0 cm³/mol. The van der Waals surface area contributed by atoms with Gasteiger partial charge in [0, 0.05) is 6.42 Å². The summed E-state index contributed by atoms with van der Waals surface area (Å²) in [5.41, 5.74) is -0.932. The van der Waals surface area contributed by atoms with Gasteiger partial charge in [-0.25, -0.2) is 0 Å². The Labute approximate surface area is 120 Å². The van der Waals surface area contributed by atoms with E-state index in [0.717, 1.165) is 6.07 Å². The molecular weight excluding hydrogens is 281 g/mol. The Hall–Kier alpha value is -2.01. The van der Waals surface area contributed by atoms with E-state index in [0.29, 0.717) is 5.75 Å². The van der Waals surface area contributed by atoms with E-state index in [4.69, 9.17) is 4.74 Å². The Balaban J connectivity index is 1.99. The van der Waals surface area contributed by atoms with Gasteiger partial charge in [-0.05, 0) is 23.8 Å². The maximum atomic E-state index is 12.9. The molecule has 0 amide bonds. The molecule has 0 fully saturated rings. The highest BCUT2D eigenvalue weighted by Crippen LogP contribution is 2.35. The Morgan fingerprint density at radius 1 is 0.952 bits per heavy atom. The van der Waals surface area contributed by atoms with E-state index in [1.54, 1.807) is 24.3 Å². The molecule has 0 aliphatic carbocycles. The second-order valence-electron chi connectivity index (χ2n) is 4.55. The molecular formula is C16H15F3O2. The number of para-hydroxylation sites is 1. The normalized spacial score (nSPS) is 13.0. The van der Waals surface area contributed by atoms with Gasteiger partial charge < -0.3 is 9.84 Å². The summed E-state index contributed by atoms with van der Waals surface area (Å²) < 4.78 is 43.9. The van der Waals surface area contributed by atoms with Crippen molar-refractivity contribution in [1.29, 1.82) is 0 Å². The number of hydrogen-bond donors (Lipinski definition) is 1. The molecule has 0 bridgehead atoms. The second-order valence-corrected chi connectivity index (χ2v) is 4.55. The molecule has 21 heavy (non-hydrogen) atoms. The molecule has 5 heteroatoms. The minimum atomic E-state index is -4.47. The third-order valence-corrected chi connectivity index (χ3v) is 3.03. The average Bonchev–Trinajstić information content (AvgIpc) is 2.47. The van der Waals surface area contributed by atoms with Crippen LogP contribution in [0.5, 0.6) is 5.75 Å². The molecule has 0 aromatic heterocycles. The van der Waals surface area contributed by atoms with Crippen LogP contribution in [0.1, 0.15) is 23.7 Å². The smallest absolute Gasteiger partial charge is 0.416 e. The molecule has 0 spiro atoms. The quantitative estimate of drug-likeness (QED) is 0.895. The van der Waals surface area contributed by atoms with E-state index in [1.165, 1.54) is 18.2 Å². The van der Waals surface area contributed by atoms with E-state index in [-0.39, 0.29) is 18.6 Å². The highest BCUT2D eigenvalue weighted by atomic mass is 19.4. The lowest BCUT2D eigenvalue weighted by Gasteiger charge is -2.17. The maximum absolute atomic E-state index is 12.9. The van der Waals surface area contributed by atoms with Gasteiger partial charge in [0.1, 0.15) is 5.75 Å². The molecule has 0 saturated heterocycles. The minimum absolute atomic E-state index is 0.0853. The second kappa shape index (κ2) is 6.63. The summed E-state index contributed by atoms with van der Waals surface area (Å²) in [6.45, 7) is 0.136. The molecule has 0 aliphatic heterocycles. The van der Waals surface area contributed by atoms with Crippen molar-refractivity contribution in [1.82, 2.24) is 0 Å². The third kappa shape index (κ3) is 4.23. The van der Waals surface area contributed by atoms with Gasteiger partial charge >= 0.3 is 6.18 Å². The van der Waals surface area contributed by atoms with Crippen molar-refractivity contribution in [3.63, 3.8) is 0 Å². The summed E-state index contributed by atoms with van der Waals surface area (Å²) in [4.78, 5) is 0. The van der Waals surface area contributed by atoms with Crippen LogP contribution >= 0.6 is 0 Å². The van der Waals surface area contributed by atoms with Crippen molar-refractivity contribution in [3.8, 4) is 5.75 Å². The van der Waals surface area contributed by atoms with Gasteiger partial charge in [0.15, 0.2) is 0 Å². The van der Waals surface area contributed by atoms with Crippen molar-refractivity contribution >= 4 is 0 Å². The molecule has 0 radical (unpaired) electrons. The van der Waals surface area contributed by atoms with Gasteiger partial charge in [-0.15, -0.1) is 0 Å². The Morgan fingerprint density at radius 3 is 2.24 bits per heavy atom. The van der Waals surface area contributed by atoms with Crippen LogP contribution in [0.4, 0.5) is 13.2 Å². The number of hydrogen-bond acceptors (Lipinski definition) is 2. The summed E-state index contributed by atoms with van der Waals surface area (Å²) in [5.74, 6) is 0.619. The van der Waals surface area contributed by atoms with Gasteiger partial charge in [-0.1, -0.05) is 36.4 Å². The zero-order valence-corrected chi connectivity index (χ0v) is 11.2. The summed E-state index contributed by atoms with van der Waals surface area (Å²) >= 11 is 0. The average molecular weight is 296 g/mol. The standard InChI is InChI=1S/C16H15F3O2/c17-16(18,19)14-9-5-4-8-13(14)15(20)10-11-21-12-6-2-1-3-7-12/h1-9,15,20H,10-11H2. The van der Waals surface area contributed by atoms with Gasteiger partial charge in [-0.3, -0.25) is 0 Å². The lowest BCUT2D eigenvalue weighted by molar-refractivity contribution is -0.139. The van der Waals surface area contributed by atoms with Crippen molar-refractivity contribution in [3.05, 3.63) is 65.7 Å². The number of aliphatic hydroxyl groups excluding tert-OH is 1. The van der Waals surface area contributed by atoms with E-state index >= 15 is 0 Å². The van der Waals surface area contributed by atoms with E-state index < -0.39 is 17.8 Å². The molecule has 112 valence electrons. The van der Waals surface area contributed by atoms with Crippen molar-refractivity contribution in [2.24, 2.45) is 0 Å². The van der Waals surface area contributed by atoms with Crippen LogP contribution in [-0.4, -0.2) is 11.7 Å². The Bertz CT molecular complexity index is 567. The Kier molecular flexibility index (Phi) is 4.85. The highest BCUT2D eigenvalue weighted by Gasteiger charge is 2.34. The van der Waals surface area contributed by atoms with Crippen molar-refractivity contribution < 1.29 is 23.0 Å². The minimum Gasteiger partial charge on any atom is -0.493 e. The van der Waals surface area contributed by atoms with E-state index in [1.807, 2.05) is 6.07 Å². The Morgan fingerprint density at radius 2 is 1.57 bits per heavy atom. The van der Waals surface area contributed by atoms with Crippen LogP contribution in [0.2, 0.25) is 0 Å². The lowest BCUT2D eigenvalue weighted by Crippen LogP contribution is -2.13. The molecule has 2 nitrogen and oxygen atoms in total. The first-order valence-electron chi connectivity index (χ1n) is 6.50. The fraction of sp³-hybridized carbons (Fsp3) is 0.250. The van der Waals surface area contributed by atoms with Crippen molar-refractivity contribution in [2.75, 3.05) is 6.61 Å². The molecule has 0 saturated carbocycles.